The zero-order valence-corrected chi connectivity index (χ0v) is 13.3. The van der Waals surface area contributed by atoms with Crippen molar-refractivity contribution in [3.05, 3.63) is 58.3 Å². The average molecular weight is 334 g/mol. The van der Waals surface area contributed by atoms with Gasteiger partial charge in [0.05, 0.1) is 13.2 Å². The van der Waals surface area contributed by atoms with Gasteiger partial charge in [0.1, 0.15) is 10.8 Å². The molecule has 0 bridgehead atoms. The quantitative estimate of drug-likeness (QED) is 0.651. The van der Waals surface area contributed by atoms with E-state index in [1.54, 1.807) is 18.4 Å². The van der Waals surface area contributed by atoms with E-state index in [1.165, 1.54) is 29.5 Å². The van der Waals surface area contributed by atoms with E-state index in [1.807, 2.05) is 0 Å². The van der Waals surface area contributed by atoms with Crippen LogP contribution in [0, 0.1) is 5.82 Å². The van der Waals surface area contributed by atoms with Crippen molar-refractivity contribution in [1.82, 2.24) is 10.3 Å². The van der Waals surface area contributed by atoms with E-state index in [0.29, 0.717) is 5.01 Å². The largest absolute Gasteiger partial charge is 0.461 e. The van der Waals surface area contributed by atoms with Crippen LogP contribution in [-0.4, -0.2) is 23.5 Å². The van der Waals surface area contributed by atoms with Crippen LogP contribution in [0.1, 0.15) is 28.0 Å². The lowest BCUT2D eigenvalue weighted by Crippen LogP contribution is -2.23. The van der Waals surface area contributed by atoms with Gasteiger partial charge in [-0.1, -0.05) is 24.8 Å². The Balaban J connectivity index is 1.96. The highest BCUT2D eigenvalue weighted by Crippen LogP contribution is 2.17. The van der Waals surface area contributed by atoms with Gasteiger partial charge in [-0.2, -0.15) is 0 Å². The number of esters is 1. The molecule has 0 fully saturated rings. The molecular formula is C16H15FN2O3S. The summed E-state index contributed by atoms with van der Waals surface area (Å²) in [6, 6.07) is 5.92. The van der Waals surface area contributed by atoms with Gasteiger partial charge in [-0.05, 0) is 13.0 Å². The Morgan fingerprint density at radius 3 is 2.83 bits per heavy atom. The molecule has 2 aromatic rings. The molecule has 1 amide bonds. The van der Waals surface area contributed by atoms with Crippen molar-refractivity contribution in [2.75, 3.05) is 6.61 Å². The summed E-state index contributed by atoms with van der Waals surface area (Å²) in [6.45, 7) is 5.71. The molecular weight excluding hydrogens is 319 g/mol. The van der Waals surface area contributed by atoms with Crippen LogP contribution in [-0.2, 0) is 16.1 Å². The van der Waals surface area contributed by atoms with E-state index >= 15 is 0 Å². The lowest BCUT2D eigenvalue weighted by molar-refractivity contribution is -0.115. The molecule has 0 saturated carbocycles. The third-order valence-electron chi connectivity index (χ3n) is 2.91. The number of amides is 1. The third-order valence-corrected chi connectivity index (χ3v) is 3.76. The molecule has 1 N–H and O–H groups in total. The molecule has 0 aliphatic heterocycles. The normalized spacial score (nSPS) is 10.2. The SMILES string of the molecule is C=C(C(=O)NCc1nc(C(=O)OCC)cs1)c1ccccc1F. The molecule has 0 radical (unpaired) electrons. The van der Waals surface area contributed by atoms with Crippen LogP contribution in [0.4, 0.5) is 4.39 Å². The molecule has 1 heterocycles. The maximum atomic E-state index is 13.6. The number of carbonyl (C=O) groups excluding carboxylic acids is 2. The average Bonchev–Trinajstić information content (AvgIpc) is 3.02. The molecule has 0 aliphatic rings. The third kappa shape index (κ3) is 4.23. The van der Waals surface area contributed by atoms with Crippen LogP contribution in [0.15, 0.2) is 36.2 Å². The fourth-order valence-corrected chi connectivity index (χ4v) is 2.48. The van der Waals surface area contributed by atoms with E-state index in [-0.39, 0.29) is 30.0 Å². The van der Waals surface area contributed by atoms with Crippen LogP contribution in [0.5, 0.6) is 0 Å². The number of benzene rings is 1. The first-order valence-corrected chi connectivity index (χ1v) is 7.74. The van der Waals surface area contributed by atoms with Gasteiger partial charge in [-0.25, -0.2) is 14.2 Å². The number of halogens is 1. The zero-order chi connectivity index (χ0) is 16.8. The molecule has 23 heavy (non-hydrogen) atoms. The summed E-state index contributed by atoms with van der Waals surface area (Å²) < 4.78 is 18.5. The van der Waals surface area contributed by atoms with Crippen molar-refractivity contribution in [3.63, 3.8) is 0 Å². The Labute approximate surface area is 136 Å². The first-order valence-electron chi connectivity index (χ1n) is 6.86. The van der Waals surface area contributed by atoms with Crippen molar-refractivity contribution in [2.45, 2.75) is 13.5 Å². The topological polar surface area (TPSA) is 68.3 Å². The first-order chi connectivity index (χ1) is 11.0. The standard InChI is InChI=1S/C16H15FN2O3S/c1-3-22-16(21)13-9-23-14(19-13)8-18-15(20)10(2)11-6-4-5-7-12(11)17/h4-7,9H,2-3,8H2,1H3,(H,18,20). The van der Waals surface area contributed by atoms with Crippen molar-refractivity contribution >= 4 is 28.8 Å². The smallest absolute Gasteiger partial charge is 0.357 e. The minimum atomic E-state index is -0.508. The molecule has 0 unspecified atom stereocenters. The van der Waals surface area contributed by atoms with E-state index in [9.17, 15) is 14.0 Å². The summed E-state index contributed by atoms with van der Waals surface area (Å²) in [5.74, 6) is -1.51. The van der Waals surface area contributed by atoms with Gasteiger partial charge in [-0.3, -0.25) is 4.79 Å². The van der Waals surface area contributed by atoms with Crippen LogP contribution in [0.2, 0.25) is 0 Å². The Kier molecular flexibility index (Phi) is 5.59. The fraction of sp³-hybridized carbons (Fsp3) is 0.188. The summed E-state index contributed by atoms with van der Waals surface area (Å²) in [6.07, 6.45) is 0. The number of nitrogens with zero attached hydrogens (tertiary/aromatic N) is 1. The second kappa shape index (κ2) is 7.64. The number of thiazole rings is 1. The van der Waals surface area contributed by atoms with Crippen LogP contribution in [0.3, 0.4) is 0 Å². The number of nitrogens with one attached hydrogen (secondary N) is 1. The lowest BCUT2D eigenvalue weighted by Gasteiger charge is -2.07. The van der Waals surface area contributed by atoms with E-state index < -0.39 is 17.7 Å². The van der Waals surface area contributed by atoms with Crippen LogP contribution >= 0.6 is 11.3 Å². The molecule has 0 saturated heterocycles. The highest BCUT2D eigenvalue weighted by molar-refractivity contribution is 7.09. The summed E-state index contributed by atoms with van der Waals surface area (Å²) in [4.78, 5) is 27.6. The number of carbonyl (C=O) groups is 2. The second-order valence-corrected chi connectivity index (χ2v) is 5.43. The predicted molar refractivity (Wildman–Crippen MR) is 85.4 cm³/mol. The van der Waals surface area contributed by atoms with E-state index in [2.05, 4.69) is 16.9 Å². The van der Waals surface area contributed by atoms with E-state index in [4.69, 9.17) is 4.74 Å². The Bertz CT molecular complexity index is 742. The van der Waals surface area contributed by atoms with Crippen LogP contribution in [0.25, 0.3) is 5.57 Å². The number of hydrogen-bond donors (Lipinski definition) is 1. The number of aromatic nitrogens is 1. The minimum absolute atomic E-state index is 0.0327. The maximum Gasteiger partial charge on any atom is 0.357 e. The van der Waals surface area contributed by atoms with Gasteiger partial charge in [0, 0.05) is 16.5 Å². The van der Waals surface area contributed by atoms with Crippen molar-refractivity contribution in [1.29, 1.82) is 0 Å². The molecule has 0 aliphatic carbocycles. The summed E-state index contributed by atoms with van der Waals surface area (Å²) in [5, 5.41) is 4.70. The molecule has 0 spiro atoms. The monoisotopic (exact) mass is 334 g/mol. The van der Waals surface area contributed by atoms with Gasteiger partial charge in [0.2, 0.25) is 0 Å². The van der Waals surface area contributed by atoms with Crippen molar-refractivity contribution in [3.8, 4) is 0 Å². The van der Waals surface area contributed by atoms with Crippen LogP contribution < -0.4 is 5.32 Å². The first kappa shape index (κ1) is 16.8. The highest BCUT2D eigenvalue weighted by atomic mass is 32.1. The molecule has 120 valence electrons. The number of rotatable bonds is 6. The number of ether oxygens (including phenoxy) is 1. The van der Waals surface area contributed by atoms with Crippen molar-refractivity contribution < 1.29 is 18.7 Å². The molecule has 5 nitrogen and oxygen atoms in total. The Morgan fingerprint density at radius 2 is 2.13 bits per heavy atom. The van der Waals surface area contributed by atoms with E-state index in [0.717, 1.165) is 0 Å². The van der Waals surface area contributed by atoms with Gasteiger partial charge < -0.3 is 10.1 Å². The lowest BCUT2D eigenvalue weighted by atomic mass is 10.1. The Hall–Kier alpha value is -2.54. The van der Waals surface area contributed by atoms with Gasteiger partial charge >= 0.3 is 5.97 Å². The summed E-state index contributed by atoms with van der Waals surface area (Å²) in [5.41, 5.74) is 0.385. The minimum Gasteiger partial charge on any atom is -0.461 e. The van der Waals surface area contributed by atoms with Gasteiger partial charge in [-0.15, -0.1) is 11.3 Å². The molecule has 0 atom stereocenters. The zero-order valence-electron chi connectivity index (χ0n) is 12.5. The van der Waals surface area contributed by atoms with Crippen molar-refractivity contribution in [2.24, 2.45) is 0 Å². The Morgan fingerprint density at radius 1 is 1.39 bits per heavy atom. The second-order valence-electron chi connectivity index (χ2n) is 4.49. The molecule has 1 aromatic heterocycles. The van der Waals surface area contributed by atoms with Gasteiger partial charge in [0.15, 0.2) is 5.69 Å². The molecule has 1 aromatic carbocycles. The highest BCUT2D eigenvalue weighted by Gasteiger charge is 2.15. The molecule has 7 heteroatoms. The maximum absolute atomic E-state index is 13.6. The van der Waals surface area contributed by atoms with Gasteiger partial charge in [0.25, 0.3) is 5.91 Å². The molecule has 2 rings (SSSR count). The fourth-order valence-electron chi connectivity index (χ4n) is 1.78. The summed E-state index contributed by atoms with van der Waals surface area (Å²) >= 11 is 1.23. The number of hydrogen-bond acceptors (Lipinski definition) is 5. The predicted octanol–water partition coefficient (Wildman–Crippen LogP) is 2.79. The summed E-state index contributed by atoms with van der Waals surface area (Å²) in [7, 11) is 0.